The van der Waals surface area contributed by atoms with Crippen LogP contribution in [0.4, 0.5) is 8.78 Å². The summed E-state index contributed by atoms with van der Waals surface area (Å²) in [6.45, 7) is 0. The molecular weight excluding hydrogens is 140 g/mol. The van der Waals surface area contributed by atoms with Gasteiger partial charge in [0.25, 0.3) is 5.92 Å². The van der Waals surface area contributed by atoms with Gasteiger partial charge in [-0.05, 0) is 0 Å². The first-order valence-corrected chi connectivity index (χ1v) is 3.14. The lowest BCUT2D eigenvalue weighted by Gasteiger charge is -1.96. The maximum atomic E-state index is 12.1. The second-order valence-electron chi connectivity index (χ2n) is 2.54. The number of carbonyl (C=O) groups excluding carboxylic acids is 1. The molecule has 1 atom stereocenters. The molecule has 1 fully saturated rings. The maximum Gasteiger partial charge on any atom is 0.252 e. The van der Waals surface area contributed by atoms with Gasteiger partial charge in [-0.3, -0.25) is 4.79 Å². The summed E-state index contributed by atoms with van der Waals surface area (Å²) in [5.41, 5.74) is 0. The van der Waals surface area contributed by atoms with Crippen LogP contribution in [0.3, 0.4) is 0 Å². The first-order chi connectivity index (χ1) is 4.56. The van der Waals surface area contributed by atoms with Gasteiger partial charge in [-0.2, -0.15) is 0 Å². The van der Waals surface area contributed by atoms with Crippen molar-refractivity contribution in [3.63, 3.8) is 0 Å². The Hall–Kier alpha value is -0.670. The van der Waals surface area contributed by atoms with Crippen molar-refractivity contribution in [3.05, 3.63) is 0 Å². The summed E-state index contributed by atoms with van der Waals surface area (Å²) in [4.78, 5) is 10.5. The fourth-order valence-corrected chi connectivity index (χ4v) is 0.817. The predicted molar refractivity (Wildman–Crippen MR) is 31.7 cm³/mol. The van der Waals surface area contributed by atoms with Gasteiger partial charge >= 0.3 is 0 Å². The van der Waals surface area contributed by atoms with E-state index in [4.69, 9.17) is 0 Å². The fourth-order valence-electron chi connectivity index (χ4n) is 0.817. The zero-order chi connectivity index (χ0) is 7.78. The first kappa shape index (κ1) is 7.44. The maximum absolute atomic E-state index is 12.1. The Morgan fingerprint density at radius 2 is 2.30 bits per heavy atom. The smallest absolute Gasteiger partial charge is 0.252 e. The molecule has 1 amide bonds. The molecule has 1 N–H and O–H groups in total. The van der Waals surface area contributed by atoms with Gasteiger partial charge in [0.1, 0.15) is 0 Å². The summed E-state index contributed by atoms with van der Waals surface area (Å²) in [5, 5.41) is 2.30. The first-order valence-electron chi connectivity index (χ1n) is 3.14. The topological polar surface area (TPSA) is 29.1 Å². The highest BCUT2D eigenvalue weighted by atomic mass is 19.3. The lowest BCUT2D eigenvalue weighted by Crippen LogP contribution is -2.18. The highest BCUT2D eigenvalue weighted by Gasteiger charge is 2.57. The van der Waals surface area contributed by atoms with Crippen LogP contribution >= 0.6 is 0 Å². The molecule has 0 heterocycles. The summed E-state index contributed by atoms with van der Waals surface area (Å²) in [7, 11) is 1.45. The second-order valence-corrected chi connectivity index (χ2v) is 2.54. The second kappa shape index (κ2) is 2.18. The number of nitrogens with one attached hydrogen (secondary N) is 1. The van der Waals surface area contributed by atoms with E-state index in [0.717, 1.165) is 0 Å². The van der Waals surface area contributed by atoms with Crippen molar-refractivity contribution in [2.24, 2.45) is 5.92 Å². The molecular formula is C6H9F2NO. The molecule has 0 unspecified atom stereocenters. The minimum atomic E-state index is -2.56. The third-order valence-corrected chi connectivity index (χ3v) is 1.67. The molecule has 0 spiro atoms. The number of halogens is 2. The lowest BCUT2D eigenvalue weighted by molar-refractivity contribution is -0.121. The number of hydrogen-bond donors (Lipinski definition) is 1. The van der Waals surface area contributed by atoms with Crippen LogP contribution in [0.1, 0.15) is 12.8 Å². The van der Waals surface area contributed by atoms with Crippen molar-refractivity contribution in [2.75, 3.05) is 7.05 Å². The standard InChI is InChI=1S/C6H9F2NO/c1-9-5(10)2-4-3-6(4,7)8/h4H,2-3H2,1H3,(H,9,10)/t4-/m1/s1. The largest absolute Gasteiger partial charge is 0.359 e. The average Bonchev–Trinajstić information content (AvgIpc) is 2.40. The van der Waals surface area contributed by atoms with Crippen molar-refractivity contribution >= 4 is 5.91 Å². The molecule has 1 aliphatic carbocycles. The Kier molecular flexibility index (Phi) is 1.62. The Labute approximate surface area is 57.6 Å². The number of alkyl halides is 2. The van der Waals surface area contributed by atoms with Gasteiger partial charge in [0.05, 0.1) is 0 Å². The van der Waals surface area contributed by atoms with Crippen LogP contribution in [0.25, 0.3) is 0 Å². The molecule has 0 aromatic carbocycles. The fraction of sp³-hybridized carbons (Fsp3) is 0.833. The highest BCUT2D eigenvalue weighted by molar-refractivity contribution is 5.76. The van der Waals surface area contributed by atoms with Gasteiger partial charge in [0, 0.05) is 25.8 Å². The van der Waals surface area contributed by atoms with Gasteiger partial charge in [0.2, 0.25) is 5.91 Å². The molecule has 0 aliphatic heterocycles. The Morgan fingerprint density at radius 1 is 1.80 bits per heavy atom. The summed E-state index contributed by atoms with van der Waals surface area (Å²) < 4.78 is 24.2. The van der Waals surface area contributed by atoms with E-state index in [2.05, 4.69) is 5.32 Å². The van der Waals surface area contributed by atoms with Crippen molar-refractivity contribution in [1.29, 1.82) is 0 Å². The molecule has 0 saturated heterocycles. The van der Waals surface area contributed by atoms with E-state index in [0.29, 0.717) is 0 Å². The van der Waals surface area contributed by atoms with Gasteiger partial charge < -0.3 is 5.32 Å². The molecule has 0 aromatic heterocycles. The van der Waals surface area contributed by atoms with Crippen LogP contribution in [-0.4, -0.2) is 18.9 Å². The molecule has 1 aliphatic rings. The Balaban J connectivity index is 2.24. The van der Waals surface area contributed by atoms with E-state index in [1.165, 1.54) is 7.05 Å². The summed E-state index contributed by atoms with van der Waals surface area (Å²) in [6.07, 6.45) is -0.163. The van der Waals surface area contributed by atoms with E-state index < -0.39 is 11.8 Å². The number of carbonyl (C=O) groups is 1. The highest BCUT2D eigenvalue weighted by Crippen LogP contribution is 2.50. The van der Waals surface area contributed by atoms with Gasteiger partial charge in [-0.1, -0.05) is 0 Å². The molecule has 4 heteroatoms. The van der Waals surface area contributed by atoms with Crippen LogP contribution in [0.15, 0.2) is 0 Å². The quantitative estimate of drug-likeness (QED) is 0.617. The predicted octanol–water partition coefficient (Wildman–Crippen LogP) is 0.778. The third-order valence-electron chi connectivity index (χ3n) is 1.67. The Morgan fingerprint density at radius 3 is 2.60 bits per heavy atom. The number of rotatable bonds is 2. The van der Waals surface area contributed by atoms with E-state index in [1.54, 1.807) is 0 Å². The summed E-state index contributed by atoms with van der Waals surface area (Å²) >= 11 is 0. The Bertz CT molecular complexity index is 158. The van der Waals surface area contributed by atoms with Crippen LogP contribution in [-0.2, 0) is 4.79 Å². The average molecular weight is 149 g/mol. The van der Waals surface area contributed by atoms with Crippen LogP contribution < -0.4 is 5.32 Å². The van der Waals surface area contributed by atoms with Crippen LogP contribution in [0, 0.1) is 5.92 Å². The van der Waals surface area contributed by atoms with E-state index >= 15 is 0 Å². The van der Waals surface area contributed by atoms with E-state index in [9.17, 15) is 13.6 Å². The molecule has 2 nitrogen and oxygen atoms in total. The number of amides is 1. The normalized spacial score (nSPS) is 27.7. The van der Waals surface area contributed by atoms with Crippen molar-refractivity contribution in [2.45, 2.75) is 18.8 Å². The molecule has 0 radical (unpaired) electrons. The molecule has 58 valence electrons. The number of hydrogen-bond acceptors (Lipinski definition) is 1. The minimum Gasteiger partial charge on any atom is -0.359 e. The minimum absolute atomic E-state index is 0.0382. The summed E-state index contributed by atoms with van der Waals surface area (Å²) in [6, 6.07) is 0. The molecule has 0 bridgehead atoms. The van der Waals surface area contributed by atoms with Gasteiger partial charge in [0.15, 0.2) is 0 Å². The third kappa shape index (κ3) is 1.43. The lowest BCUT2D eigenvalue weighted by atomic mass is 10.3. The van der Waals surface area contributed by atoms with E-state index in [1.807, 2.05) is 0 Å². The summed E-state index contributed by atoms with van der Waals surface area (Å²) in [5.74, 6) is -3.57. The van der Waals surface area contributed by atoms with Crippen molar-refractivity contribution in [1.82, 2.24) is 5.32 Å². The molecule has 1 saturated carbocycles. The van der Waals surface area contributed by atoms with Crippen LogP contribution in [0.2, 0.25) is 0 Å². The van der Waals surface area contributed by atoms with E-state index in [-0.39, 0.29) is 18.7 Å². The molecule has 1 rings (SSSR count). The van der Waals surface area contributed by atoms with Crippen molar-refractivity contribution in [3.8, 4) is 0 Å². The van der Waals surface area contributed by atoms with Gasteiger partial charge in [-0.15, -0.1) is 0 Å². The van der Waals surface area contributed by atoms with Crippen LogP contribution in [0.5, 0.6) is 0 Å². The molecule has 0 aromatic rings. The van der Waals surface area contributed by atoms with Gasteiger partial charge in [-0.25, -0.2) is 8.78 Å². The monoisotopic (exact) mass is 149 g/mol. The molecule has 10 heavy (non-hydrogen) atoms. The van der Waals surface area contributed by atoms with Crippen molar-refractivity contribution < 1.29 is 13.6 Å². The SMILES string of the molecule is CNC(=O)C[C@@H]1CC1(F)F. The zero-order valence-corrected chi connectivity index (χ0v) is 5.66. The zero-order valence-electron chi connectivity index (χ0n) is 5.66.